The van der Waals surface area contributed by atoms with Crippen molar-refractivity contribution in [3.8, 4) is 0 Å². The molecule has 0 aliphatic carbocycles. The minimum atomic E-state index is -0.313. The van der Waals surface area contributed by atoms with Crippen molar-refractivity contribution in [2.24, 2.45) is 4.99 Å². The number of hydrogen-bond donors (Lipinski definition) is 0. The van der Waals surface area contributed by atoms with Crippen molar-refractivity contribution in [3.63, 3.8) is 0 Å². The third kappa shape index (κ3) is 4.02. The van der Waals surface area contributed by atoms with Gasteiger partial charge in [0.1, 0.15) is 6.54 Å². The first kappa shape index (κ1) is 18.3. The van der Waals surface area contributed by atoms with Crippen LogP contribution >= 0.6 is 15.9 Å². The molecule has 0 N–H and O–H groups in total. The van der Waals surface area contributed by atoms with Crippen molar-refractivity contribution < 1.29 is 14.3 Å². The fourth-order valence-corrected chi connectivity index (χ4v) is 3.27. The van der Waals surface area contributed by atoms with E-state index in [9.17, 15) is 9.59 Å². The van der Waals surface area contributed by atoms with Crippen LogP contribution in [0.4, 0.5) is 5.69 Å². The van der Waals surface area contributed by atoms with Gasteiger partial charge in [-0.25, -0.2) is 0 Å². The van der Waals surface area contributed by atoms with Crippen molar-refractivity contribution in [2.75, 3.05) is 24.6 Å². The number of anilines is 1. The van der Waals surface area contributed by atoms with Crippen LogP contribution in [0.15, 0.2) is 58.0 Å². The van der Waals surface area contributed by atoms with Gasteiger partial charge in [0, 0.05) is 22.1 Å². The van der Waals surface area contributed by atoms with Crippen LogP contribution in [0, 0.1) is 0 Å². The molecular formula is C20H19BrN2O3. The lowest BCUT2D eigenvalue weighted by molar-refractivity contribution is -0.142. The number of aliphatic imine (C=N–C) groups is 1. The Labute approximate surface area is 160 Å². The summed E-state index contributed by atoms with van der Waals surface area (Å²) in [5.41, 5.74) is 3.34. The first-order valence-corrected chi connectivity index (χ1v) is 9.25. The van der Waals surface area contributed by atoms with Crippen LogP contribution in [0.2, 0.25) is 0 Å². The van der Waals surface area contributed by atoms with Gasteiger partial charge in [-0.2, -0.15) is 0 Å². The van der Waals surface area contributed by atoms with Gasteiger partial charge in [-0.3, -0.25) is 14.6 Å². The first-order chi connectivity index (χ1) is 12.6. The molecule has 3 rings (SSSR count). The van der Waals surface area contributed by atoms with Gasteiger partial charge in [0.25, 0.3) is 0 Å². The highest BCUT2D eigenvalue weighted by Crippen LogP contribution is 2.30. The van der Waals surface area contributed by atoms with Gasteiger partial charge in [-0.05, 0) is 25.1 Å². The Bertz CT molecular complexity index is 849. The molecule has 0 unspecified atom stereocenters. The van der Waals surface area contributed by atoms with E-state index in [0.717, 1.165) is 27.0 Å². The largest absolute Gasteiger partial charge is 0.466 e. The minimum Gasteiger partial charge on any atom is -0.466 e. The highest BCUT2D eigenvalue weighted by atomic mass is 79.9. The lowest BCUT2D eigenvalue weighted by Crippen LogP contribution is -2.34. The van der Waals surface area contributed by atoms with Gasteiger partial charge >= 0.3 is 5.97 Å². The number of esters is 1. The smallest absolute Gasteiger partial charge is 0.307 e. The SMILES string of the molecule is CCOC(=O)CCN1C(=O)CN=C(c2ccccc2)c2cc(Br)ccc21. The third-order valence-electron chi connectivity index (χ3n) is 4.07. The zero-order valence-corrected chi connectivity index (χ0v) is 16.0. The molecule has 0 aromatic heterocycles. The fourth-order valence-electron chi connectivity index (χ4n) is 2.91. The molecule has 0 radical (unpaired) electrons. The van der Waals surface area contributed by atoms with E-state index in [1.807, 2.05) is 48.5 Å². The molecule has 0 spiro atoms. The van der Waals surface area contributed by atoms with Crippen LogP contribution in [0.3, 0.4) is 0 Å². The average molecular weight is 415 g/mol. The van der Waals surface area contributed by atoms with Crippen LogP contribution in [-0.2, 0) is 14.3 Å². The van der Waals surface area contributed by atoms with Crippen molar-refractivity contribution in [3.05, 3.63) is 64.1 Å². The van der Waals surface area contributed by atoms with Crippen LogP contribution in [0.5, 0.6) is 0 Å². The van der Waals surface area contributed by atoms with Gasteiger partial charge in [0.15, 0.2) is 0 Å². The molecule has 1 heterocycles. The summed E-state index contributed by atoms with van der Waals surface area (Å²) >= 11 is 3.50. The molecule has 0 saturated carbocycles. The molecule has 2 aromatic rings. The maximum atomic E-state index is 12.7. The standard InChI is InChI=1S/C20H19BrN2O3/c1-2-26-19(25)10-11-23-17-9-8-15(21)12-16(17)20(22-13-18(23)24)14-6-4-3-5-7-14/h3-9,12H,2,10-11,13H2,1H3. The Morgan fingerprint density at radius 2 is 2.00 bits per heavy atom. The molecule has 1 amide bonds. The number of halogens is 1. The maximum absolute atomic E-state index is 12.7. The summed E-state index contributed by atoms with van der Waals surface area (Å²) in [7, 11) is 0. The molecule has 5 nitrogen and oxygen atoms in total. The predicted molar refractivity (Wildman–Crippen MR) is 105 cm³/mol. The molecule has 0 bridgehead atoms. The zero-order chi connectivity index (χ0) is 18.5. The lowest BCUT2D eigenvalue weighted by atomic mass is 10.00. The van der Waals surface area contributed by atoms with Crippen molar-refractivity contribution in [2.45, 2.75) is 13.3 Å². The zero-order valence-electron chi connectivity index (χ0n) is 14.4. The monoisotopic (exact) mass is 414 g/mol. The van der Waals surface area contributed by atoms with E-state index in [-0.39, 0.29) is 31.4 Å². The van der Waals surface area contributed by atoms with E-state index in [0.29, 0.717) is 6.61 Å². The maximum Gasteiger partial charge on any atom is 0.307 e. The normalized spacial score (nSPS) is 13.7. The van der Waals surface area contributed by atoms with Crippen LogP contribution in [0.1, 0.15) is 24.5 Å². The summed E-state index contributed by atoms with van der Waals surface area (Å²) in [4.78, 5) is 30.6. The van der Waals surface area contributed by atoms with Crippen molar-refractivity contribution in [1.82, 2.24) is 0 Å². The van der Waals surface area contributed by atoms with E-state index >= 15 is 0 Å². The molecule has 6 heteroatoms. The average Bonchev–Trinajstić information content (AvgIpc) is 2.77. The summed E-state index contributed by atoms with van der Waals surface area (Å²) in [6.07, 6.45) is 0.149. The highest BCUT2D eigenvalue weighted by Gasteiger charge is 2.25. The van der Waals surface area contributed by atoms with Gasteiger partial charge in [-0.1, -0.05) is 46.3 Å². The number of carbonyl (C=O) groups excluding carboxylic acids is 2. The Hall–Kier alpha value is -2.47. The Balaban J connectivity index is 1.99. The number of nitrogens with zero attached hydrogens (tertiary/aromatic N) is 2. The highest BCUT2D eigenvalue weighted by molar-refractivity contribution is 9.10. The number of fused-ring (bicyclic) bond motifs is 1. The second kappa shape index (κ2) is 8.27. The van der Waals surface area contributed by atoms with E-state index in [4.69, 9.17) is 4.74 Å². The second-order valence-electron chi connectivity index (χ2n) is 5.79. The van der Waals surface area contributed by atoms with Crippen molar-refractivity contribution >= 4 is 39.2 Å². The molecule has 0 saturated heterocycles. The second-order valence-corrected chi connectivity index (χ2v) is 6.71. The number of amides is 1. The number of benzene rings is 2. The van der Waals surface area contributed by atoms with E-state index in [2.05, 4.69) is 20.9 Å². The molecular weight excluding hydrogens is 396 g/mol. The topological polar surface area (TPSA) is 59.0 Å². The van der Waals surface area contributed by atoms with Crippen LogP contribution in [-0.4, -0.2) is 37.3 Å². The quantitative estimate of drug-likeness (QED) is 0.702. The third-order valence-corrected chi connectivity index (χ3v) is 4.56. The van der Waals surface area contributed by atoms with Crippen molar-refractivity contribution in [1.29, 1.82) is 0 Å². The molecule has 1 aliphatic heterocycles. The number of hydrogen-bond acceptors (Lipinski definition) is 4. The number of ether oxygens (including phenoxy) is 1. The predicted octanol–water partition coefficient (Wildman–Crippen LogP) is 3.59. The summed E-state index contributed by atoms with van der Waals surface area (Å²) in [6, 6.07) is 15.5. The summed E-state index contributed by atoms with van der Waals surface area (Å²) in [5.74, 6) is -0.448. The van der Waals surface area contributed by atoms with Gasteiger partial charge in [0.2, 0.25) is 5.91 Å². The Morgan fingerprint density at radius 1 is 1.23 bits per heavy atom. The molecule has 0 atom stereocenters. The minimum absolute atomic E-state index is 0.0410. The van der Waals surface area contributed by atoms with Crippen LogP contribution < -0.4 is 4.90 Å². The van der Waals surface area contributed by atoms with Gasteiger partial charge in [-0.15, -0.1) is 0 Å². The molecule has 1 aliphatic rings. The van der Waals surface area contributed by atoms with E-state index in [1.165, 1.54) is 0 Å². The summed E-state index contributed by atoms with van der Waals surface area (Å²) < 4.78 is 5.89. The summed E-state index contributed by atoms with van der Waals surface area (Å²) in [6.45, 7) is 2.41. The first-order valence-electron chi connectivity index (χ1n) is 8.46. The molecule has 26 heavy (non-hydrogen) atoms. The van der Waals surface area contributed by atoms with Gasteiger partial charge < -0.3 is 9.64 Å². The number of rotatable bonds is 5. The number of carbonyl (C=O) groups is 2. The Morgan fingerprint density at radius 3 is 2.73 bits per heavy atom. The number of benzodiazepines with no additional fused rings is 1. The fraction of sp³-hybridized carbons (Fsp3) is 0.250. The van der Waals surface area contributed by atoms with Crippen LogP contribution in [0.25, 0.3) is 0 Å². The van der Waals surface area contributed by atoms with Gasteiger partial charge in [0.05, 0.1) is 24.4 Å². The molecule has 134 valence electrons. The Kier molecular flexibility index (Phi) is 5.83. The summed E-state index contributed by atoms with van der Waals surface area (Å²) in [5, 5.41) is 0. The van der Waals surface area contributed by atoms with E-state index in [1.54, 1.807) is 11.8 Å². The molecule has 2 aromatic carbocycles. The lowest BCUT2D eigenvalue weighted by Gasteiger charge is -2.23. The molecule has 0 fully saturated rings. The van der Waals surface area contributed by atoms with E-state index < -0.39 is 0 Å².